The summed E-state index contributed by atoms with van der Waals surface area (Å²) in [6.45, 7) is 47.0. The molecule has 244 valence electrons. The van der Waals surface area contributed by atoms with Gasteiger partial charge in [0.2, 0.25) is 0 Å². The number of rotatable bonds is 10. The summed E-state index contributed by atoms with van der Waals surface area (Å²) in [5.74, 6) is 0. The van der Waals surface area contributed by atoms with E-state index in [0.717, 1.165) is 19.9 Å². The summed E-state index contributed by atoms with van der Waals surface area (Å²) in [5, 5.41) is 0. The van der Waals surface area contributed by atoms with E-state index in [9.17, 15) is 0 Å². The van der Waals surface area contributed by atoms with Crippen molar-refractivity contribution in [3.63, 3.8) is 0 Å². The molecule has 11 heteroatoms. The summed E-state index contributed by atoms with van der Waals surface area (Å²) in [6, 6.07) is 0. The molecule has 0 aromatic carbocycles. The Bertz CT molecular complexity index is 796. The first-order chi connectivity index (χ1) is 18.1. The van der Waals surface area contributed by atoms with Crippen LogP contribution in [0.15, 0.2) is 0 Å². The van der Waals surface area contributed by atoms with Crippen LogP contribution in [-0.4, -0.2) is 82.1 Å². The molecule has 2 aliphatic heterocycles. The SMILES string of the molecule is C[Si](C)(C)C1C(CI)O[C@H](O[C@@H]2OC(CI)C([Si](C)(C)C)C([Si](C)(C)C)C2[Si](C)(C)C)C([Si](C)(C)C)C1[Si](C)(C)C. The first-order valence-electron chi connectivity index (χ1n) is 16.2. The van der Waals surface area contributed by atoms with Gasteiger partial charge in [-0.1, -0.05) is 163 Å². The first kappa shape index (κ1) is 39.8. The molecule has 0 radical (unpaired) electrons. The third-order valence-corrected chi connectivity index (χ3v) is 29.4. The summed E-state index contributed by atoms with van der Waals surface area (Å²) in [4.78, 5) is 0. The van der Waals surface area contributed by atoms with Gasteiger partial charge >= 0.3 is 0 Å². The van der Waals surface area contributed by atoms with Crippen LogP contribution in [0.2, 0.25) is 151 Å². The lowest BCUT2D eigenvalue weighted by Gasteiger charge is -2.60. The van der Waals surface area contributed by atoms with Gasteiger partial charge in [0.1, 0.15) is 0 Å². The molecule has 0 amide bonds. The number of alkyl halides is 2. The fraction of sp³-hybridized carbons (Fsp3) is 1.00. The van der Waals surface area contributed by atoms with E-state index < -0.39 is 48.4 Å². The Kier molecular flexibility index (Phi) is 13.2. The van der Waals surface area contributed by atoms with Gasteiger partial charge in [-0.3, -0.25) is 0 Å². The Labute approximate surface area is 289 Å². The van der Waals surface area contributed by atoms with Crippen molar-refractivity contribution < 1.29 is 14.2 Å². The van der Waals surface area contributed by atoms with Gasteiger partial charge in [-0.25, -0.2) is 0 Å². The highest BCUT2D eigenvalue weighted by atomic mass is 127. The van der Waals surface area contributed by atoms with Crippen LogP contribution in [0.5, 0.6) is 0 Å². The molecule has 8 unspecified atom stereocenters. The molecule has 2 aliphatic rings. The zero-order chi connectivity index (χ0) is 32.3. The molecule has 0 N–H and O–H groups in total. The minimum Gasteiger partial charge on any atom is -0.349 e. The van der Waals surface area contributed by atoms with Crippen molar-refractivity contribution in [2.45, 2.75) is 176 Å². The molecular formula is C30H68I2O3Si6. The lowest BCUT2D eigenvalue weighted by molar-refractivity contribution is -0.286. The molecular weight excluding hydrogens is 831 g/mol. The highest BCUT2D eigenvalue weighted by Crippen LogP contribution is 2.63. The van der Waals surface area contributed by atoms with Gasteiger partial charge in [-0.2, -0.15) is 0 Å². The molecule has 2 rings (SSSR count). The number of hydrogen-bond acceptors (Lipinski definition) is 3. The number of hydrogen-bond donors (Lipinski definition) is 0. The van der Waals surface area contributed by atoms with Crippen LogP contribution in [-0.2, 0) is 14.2 Å². The van der Waals surface area contributed by atoms with Crippen LogP contribution in [0.25, 0.3) is 0 Å². The van der Waals surface area contributed by atoms with E-state index in [1.165, 1.54) is 0 Å². The quantitative estimate of drug-likeness (QED) is 0.124. The Balaban J connectivity index is 2.76. The topological polar surface area (TPSA) is 27.7 Å². The monoisotopic (exact) mass is 898 g/mol. The smallest absolute Gasteiger partial charge is 0.161 e. The molecule has 0 saturated carbocycles. The fourth-order valence-corrected chi connectivity index (χ4v) is 38.4. The van der Waals surface area contributed by atoms with Crippen LogP contribution in [0.3, 0.4) is 0 Å². The summed E-state index contributed by atoms with van der Waals surface area (Å²) < 4.78 is 24.3. The second-order valence-corrected chi connectivity index (χ2v) is 54.0. The molecule has 0 aliphatic carbocycles. The van der Waals surface area contributed by atoms with Crippen LogP contribution in [0.4, 0.5) is 0 Å². The Morgan fingerprint density at radius 3 is 0.780 bits per heavy atom. The molecule has 0 aromatic heterocycles. The third kappa shape index (κ3) is 9.38. The average molecular weight is 899 g/mol. The van der Waals surface area contributed by atoms with Crippen molar-refractivity contribution in [2.75, 3.05) is 8.86 Å². The molecule has 2 fully saturated rings. The lowest BCUT2D eigenvalue weighted by Crippen LogP contribution is -2.63. The van der Waals surface area contributed by atoms with Crippen LogP contribution in [0.1, 0.15) is 0 Å². The Morgan fingerprint density at radius 2 is 0.610 bits per heavy atom. The van der Waals surface area contributed by atoms with E-state index in [1.807, 2.05) is 0 Å². The van der Waals surface area contributed by atoms with Gasteiger partial charge in [0.25, 0.3) is 0 Å². The fourth-order valence-electron chi connectivity index (χ4n) is 8.80. The van der Waals surface area contributed by atoms with Crippen molar-refractivity contribution in [3.8, 4) is 0 Å². The van der Waals surface area contributed by atoms with E-state index in [1.54, 1.807) is 0 Å². The van der Waals surface area contributed by atoms with Gasteiger partial charge in [0.05, 0.1) is 44.5 Å². The molecule has 10 atom stereocenters. The number of halogens is 2. The van der Waals surface area contributed by atoms with E-state index in [-0.39, 0.29) is 24.8 Å². The Morgan fingerprint density at radius 1 is 0.390 bits per heavy atom. The molecule has 2 heterocycles. The van der Waals surface area contributed by atoms with Gasteiger partial charge in [-0.15, -0.1) is 0 Å². The van der Waals surface area contributed by atoms with Crippen LogP contribution >= 0.6 is 45.2 Å². The second kappa shape index (κ2) is 13.6. The molecule has 0 spiro atoms. The maximum Gasteiger partial charge on any atom is 0.161 e. The first-order valence-corrected chi connectivity index (χ1v) is 40.7. The number of ether oxygens (including phenoxy) is 3. The predicted octanol–water partition coefficient (Wildman–Crippen LogP) is 11.6. The Hall–Kier alpha value is 2.64. The van der Waals surface area contributed by atoms with Crippen molar-refractivity contribution in [1.82, 2.24) is 0 Å². The molecule has 0 bridgehead atoms. The van der Waals surface area contributed by atoms with E-state index in [0.29, 0.717) is 22.2 Å². The summed E-state index contributed by atoms with van der Waals surface area (Å²) >= 11 is 5.23. The predicted molar refractivity (Wildman–Crippen MR) is 219 cm³/mol. The van der Waals surface area contributed by atoms with E-state index >= 15 is 0 Å². The molecule has 41 heavy (non-hydrogen) atoms. The zero-order valence-electron chi connectivity index (χ0n) is 30.2. The highest BCUT2D eigenvalue weighted by molar-refractivity contribution is 14.1. The van der Waals surface area contributed by atoms with Crippen LogP contribution < -0.4 is 0 Å². The standard InChI is InChI=1S/C30H68I2O3Si6/c1-36(2,3)23-21(19-31)33-29(27(40(13,14)15)25(23)38(7,8)9)35-30-28(41(16,17)18)26(39(10,11)12)24(37(4,5)6)22(20-32)34-30/h21-30H,19-20H2,1-18H3/t21?,22?,23?,24?,25?,26?,27?,28?,29-,30+. The van der Waals surface area contributed by atoms with E-state index in [4.69, 9.17) is 14.2 Å². The maximum atomic E-state index is 7.54. The summed E-state index contributed by atoms with van der Waals surface area (Å²) in [6.07, 6.45) is 0.284. The average Bonchev–Trinajstić information content (AvgIpc) is 2.72. The minimum atomic E-state index is -1.66. The van der Waals surface area contributed by atoms with Gasteiger partial charge in [0.15, 0.2) is 12.6 Å². The lowest BCUT2D eigenvalue weighted by atomic mass is 10.1. The van der Waals surface area contributed by atoms with Crippen molar-refractivity contribution in [2.24, 2.45) is 0 Å². The van der Waals surface area contributed by atoms with Gasteiger partial charge in [-0.05, 0) is 22.2 Å². The molecule has 0 aromatic rings. The second-order valence-electron chi connectivity index (χ2n) is 19.9. The summed E-state index contributed by atoms with van der Waals surface area (Å²) in [5.41, 5.74) is 3.86. The van der Waals surface area contributed by atoms with Gasteiger partial charge < -0.3 is 14.2 Å². The molecule has 3 nitrogen and oxygen atoms in total. The van der Waals surface area contributed by atoms with Crippen LogP contribution in [0, 0.1) is 0 Å². The summed E-state index contributed by atoms with van der Waals surface area (Å²) in [7, 11) is -9.35. The van der Waals surface area contributed by atoms with Crippen molar-refractivity contribution in [3.05, 3.63) is 0 Å². The van der Waals surface area contributed by atoms with Crippen molar-refractivity contribution >= 4 is 93.6 Å². The zero-order valence-corrected chi connectivity index (χ0v) is 40.5. The highest BCUT2D eigenvalue weighted by Gasteiger charge is 2.61. The van der Waals surface area contributed by atoms with Gasteiger partial charge in [0, 0.05) is 36.1 Å². The normalized spacial score (nSPS) is 36.9. The maximum absolute atomic E-state index is 7.54. The molecule has 2 saturated heterocycles. The largest absolute Gasteiger partial charge is 0.349 e. The van der Waals surface area contributed by atoms with E-state index in [2.05, 4.69) is 163 Å². The van der Waals surface area contributed by atoms with Crippen molar-refractivity contribution in [1.29, 1.82) is 0 Å². The minimum absolute atomic E-state index is 0.143. The third-order valence-electron chi connectivity index (χ3n) is 10.1.